The summed E-state index contributed by atoms with van der Waals surface area (Å²) in [5.41, 5.74) is 9.95. The highest BCUT2D eigenvalue weighted by atomic mass is 32.1. The lowest BCUT2D eigenvalue weighted by molar-refractivity contribution is 0.922. The lowest BCUT2D eigenvalue weighted by Crippen LogP contribution is -2.08. The van der Waals surface area contributed by atoms with Crippen molar-refractivity contribution in [1.82, 2.24) is 0 Å². The first-order chi connectivity index (χ1) is 9.19. The molecule has 2 aromatic carbocycles. The third-order valence-corrected chi connectivity index (χ3v) is 3.19. The third-order valence-electron chi connectivity index (χ3n) is 2.95. The summed E-state index contributed by atoms with van der Waals surface area (Å²) in [6.07, 6.45) is 2.30. The maximum Gasteiger partial charge on any atom is 0.103 e. The smallest absolute Gasteiger partial charge is 0.103 e. The molecule has 0 bridgehead atoms. The molecule has 0 aliphatic carbocycles. The Morgan fingerprint density at radius 1 is 1.00 bits per heavy atom. The summed E-state index contributed by atoms with van der Waals surface area (Å²) < 4.78 is 0. The van der Waals surface area contributed by atoms with Crippen LogP contribution >= 0.6 is 12.2 Å². The zero-order valence-corrected chi connectivity index (χ0v) is 11.8. The van der Waals surface area contributed by atoms with E-state index in [2.05, 4.69) is 36.5 Å². The molecule has 2 rings (SSSR count). The Balaban J connectivity index is 2.06. The zero-order valence-electron chi connectivity index (χ0n) is 11.0. The Morgan fingerprint density at radius 2 is 1.53 bits per heavy atom. The van der Waals surface area contributed by atoms with Crippen molar-refractivity contribution < 1.29 is 0 Å². The predicted octanol–water partition coefficient (Wildman–Crippen LogP) is 4.02. The fraction of sp³-hybridized carbons (Fsp3) is 0.188. The van der Waals surface area contributed by atoms with Gasteiger partial charge in [0.05, 0.1) is 0 Å². The van der Waals surface area contributed by atoms with Crippen LogP contribution in [0.4, 0.5) is 11.4 Å². The van der Waals surface area contributed by atoms with E-state index in [4.69, 9.17) is 18.0 Å². The van der Waals surface area contributed by atoms with Gasteiger partial charge in [-0.15, -0.1) is 0 Å². The van der Waals surface area contributed by atoms with Crippen LogP contribution in [0, 0.1) is 0 Å². The van der Waals surface area contributed by atoms with Gasteiger partial charge in [-0.2, -0.15) is 0 Å². The summed E-state index contributed by atoms with van der Waals surface area (Å²) >= 11 is 4.93. The van der Waals surface area contributed by atoms with Gasteiger partial charge in [0.15, 0.2) is 0 Å². The van der Waals surface area contributed by atoms with Crippen LogP contribution in [0.15, 0.2) is 48.5 Å². The number of benzene rings is 2. The molecule has 98 valence electrons. The number of nitrogens with two attached hydrogens (primary N) is 1. The molecular weight excluding hydrogens is 252 g/mol. The molecule has 3 heteroatoms. The Kier molecular flexibility index (Phi) is 4.53. The molecule has 0 saturated carbocycles. The first-order valence-electron chi connectivity index (χ1n) is 6.45. The molecule has 0 fully saturated rings. The van der Waals surface area contributed by atoms with E-state index in [1.54, 1.807) is 0 Å². The van der Waals surface area contributed by atoms with Crippen molar-refractivity contribution in [2.75, 3.05) is 5.32 Å². The SMILES string of the molecule is CCCc1ccc(Nc2ccc(C(N)=S)cc2)cc1. The molecule has 0 aliphatic rings. The quantitative estimate of drug-likeness (QED) is 0.806. The highest BCUT2D eigenvalue weighted by Gasteiger charge is 1.98. The highest BCUT2D eigenvalue weighted by molar-refractivity contribution is 7.80. The topological polar surface area (TPSA) is 38.0 Å². The molecule has 0 radical (unpaired) electrons. The van der Waals surface area contributed by atoms with E-state index >= 15 is 0 Å². The predicted molar refractivity (Wildman–Crippen MR) is 86.0 cm³/mol. The third kappa shape index (κ3) is 3.80. The van der Waals surface area contributed by atoms with Gasteiger partial charge >= 0.3 is 0 Å². The molecular formula is C16H18N2S. The van der Waals surface area contributed by atoms with E-state index in [0.717, 1.165) is 23.4 Å². The Hall–Kier alpha value is -1.87. The van der Waals surface area contributed by atoms with Crippen molar-refractivity contribution in [1.29, 1.82) is 0 Å². The molecule has 0 amide bonds. The summed E-state index contributed by atoms with van der Waals surface area (Å²) in [4.78, 5) is 0.426. The highest BCUT2D eigenvalue weighted by Crippen LogP contribution is 2.18. The number of nitrogens with one attached hydrogen (secondary N) is 1. The van der Waals surface area contributed by atoms with E-state index in [-0.39, 0.29) is 0 Å². The van der Waals surface area contributed by atoms with Crippen LogP contribution in [0.3, 0.4) is 0 Å². The molecule has 0 aliphatic heterocycles. The summed E-state index contributed by atoms with van der Waals surface area (Å²) in [5, 5.41) is 3.36. The molecule has 0 unspecified atom stereocenters. The average Bonchev–Trinajstić information content (AvgIpc) is 2.42. The van der Waals surface area contributed by atoms with Crippen molar-refractivity contribution in [2.45, 2.75) is 19.8 Å². The van der Waals surface area contributed by atoms with Crippen LogP contribution in [0.25, 0.3) is 0 Å². The molecule has 0 heterocycles. The maximum atomic E-state index is 5.57. The lowest BCUT2D eigenvalue weighted by Gasteiger charge is -2.08. The second-order valence-corrected chi connectivity index (χ2v) is 4.95. The monoisotopic (exact) mass is 270 g/mol. The number of anilines is 2. The van der Waals surface area contributed by atoms with Gasteiger partial charge in [-0.25, -0.2) is 0 Å². The van der Waals surface area contributed by atoms with Crippen LogP contribution in [0.5, 0.6) is 0 Å². The van der Waals surface area contributed by atoms with Gasteiger partial charge in [0.1, 0.15) is 4.99 Å². The van der Waals surface area contributed by atoms with Crippen molar-refractivity contribution in [2.24, 2.45) is 5.73 Å². The van der Waals surface area contributed by atoms with E-state index < -0.39 is 0 Å². The van der Waals surface area contributed by atoms with Gasteiger partial charge in [-0.3, -0.25) is 0 Å². The van der Waals surface area contributed by atoms with E-state index in [1.165, 1.54) is 12.0 Å². The normalized spacial score (nSPS) is 10.2. The minimum absolute atomic E-state index is 0.426. The fourth-order valence-electron chi connectivity index (χ4n) is 1.93. The van der Waals surface area contributed by atoms with E-state index in [0.29, 0.717) is 4.99 Å². The lowest BCUT2D eigenvalue weighted by atomic mass is 10.1. The molecule has 0 spiro atoms. The standard InChI is InChI=1S/C16H18N2S/c1-2-3-12-4-8-14(9-5-12)18-15-10-6-13(7-11-15)16(17)19/h4-11,18H,2-3H2,1H3,(H2,17,19). The minimum atomic E-state index is 0.426. The van der Waals surface area contributed by atoms with Gasteiger partial charge in [0.2, 0.25) is 0 Å². The molecule has 3 N–H and O–H groups in total. The molecule has 2 aromatic rings. The second-order valence-electron chi connectivity index (χ2n) is 4.51. The average molecular weight is 270 g/mol. The van der Waals surface area contributed by atoms with Gasteiger partial charge in [0, 0.05) is 16.9 Å². The largest absolute Gasteiger partial charge is 0.389 e. The van der Waals surface area contributed by atoms with Crippen LogP contribution in [0.2, 0.25) is 0 Å². The van der Waals surface area contributed by atoms with Gasteiger partial charge in [0.25, 0.3) is 0 Å². The van der Waals surface area contributed by atoms with Gasteiger partial charge in [-0.1, -0.05) is 37.7 Å². The van der Waals surface area contributed by atoms with E-state index in [1.807, 2.05) is 24.3 Å². The van der Waals surface area contributed by atoms with Crippen LogP contribution < -0.4 is 11.1 Å². The Morgan fingerprint density at radius 3 is 2.00 bits per heavy atom. The molecule has 2 nitrogen and oxygen atoms in total. The van der Waals surface area contributed by atoms with Gasteiger partial charge in [-0.05, 0) is 48.4 Å². The Bertz CT molecular complexity index is 544. The van der Waals surface area contributed by atoms with Crippen LogP contribution in [0.1, 0.15) is 24.5 Å². The zero-order chi connectivity index (χ0) is 13.7. The van der Waals surface area contributed by atoms with Crippen LogP contribution in [-0.4, -0.2) is 4.99 Å². The molecule has 19 heavy (non-hydrogen) atoms. The number of thiocarbonyl (C=S) groups is 1. The minimum Gasteiger partial charge on any atom is -0.389 e. The number of hydrogen-bond acceptors (Lipinski definition) is 2. The van der Waals surface area contributed by atoms with Gasteiger partial charge < -0.3 is 11.1 Å². The first kappa shape index (κ1) is 13.6. The van der Waals surface area contributed by atoms with Crippen molar-refractivity contribution in [3.05, 3.63) is 59.7 Å². The summed E-state index contributed by atoms with van der Waals surface area (Å²) in [7, 11) is 0. The van der Waals surface area contributed by atoms with Crippen molar-refractivity contribution in [3.8, 4) is 0 Å². The summed E-state index contributed by atoms with van der Waals surface area (Å²) in [6.45, 7) is 2.19. The number of hydrogen-bond donors (Lipinski definition) is 2. The van der Waals surface area contributed by atoms with E-state index in [9.17, 15) is 0 Å². The molecule has 0 aromatic heterocycles. The Labute approximate surface area is 119 Å². The molecule has 0 saturated heterocycles. The second kappa shape index (κ2) is 6.34. The number of rotatable bonds is 5. The van der Waals surface area contributed by atoms with Crippen LogP contribution in [-0.2, 0) is 6.42 Å². The maximum absolute atomic E-state index is 5.57. The fourth-order valence-corrected chi connectivity index (χ4v) is 2.06. The number of aryl methyl sites for hydroxylation is 1. The first-order valence-corrected chi connectivity index (χ1v) is 6.85. The van der Waals surface area contributed by atoms with Crippen molar-refractivity contribution >= 4 is 28.6 Å². The van der Waals surface area contributed by atoms with Crippen molar-refractivity contribution in [3.63, 3.8) is 0 Å². The molecule has 0 atom stereocenters. The summed E-state index contributed by atoms with van der Waals surface area (Å²) in [5.74, 6) is 0. The summed E-state index contributed by atoms with van der Waals surface area (Å²) in [6, 6.07) is 16.3.